The van der Waals surface area contributed by atoms with Gasteiger partial charge in [0.15, 0.2) is 0 Å². The predicted molar refractivity (Wildman–Crippen MR) is 50.8 cm³/mol. The number of rotatable bonds is 1. The smallest absolute Gasteiger partial charge is 0.124 e. The third-order valence-corrected chi connectivity index (χ3v) is 2.51. The van der Waals surface area contributed by atoms with Crippen LogP contribution in [0.5, 0.6) is 0 Å². The summed E-state index contributed by atoms with van der Waals surface area (Å²) < 4.78 is 0.746. The van der Waals surface area contributed by atoms with E-state index in [-0.39, 0.29) is 0 Å². The molecule has 2 aromatic heterocycles. The third-order valence-electron chi connectivity index (χ3n) is 1.31. The Kier molecular flexibility index (Phi) is 2.14. The monoisotopic (exact) mass is 241 g/mol. The Morgan fingerprint density at radius 3 is 2.67 bits per heavy atom. The fourth-order valence-electron chi connectivity index (χ4n) is 0.782. The molecule has 0 spiro atoms. The molecule has 0 atom stereocenters. The van der Waals surface area contributed by atoms with Gasteiger partial charge in [-0.05, 0) is 15.9 Å². The van der Waals surface area contributed by atoms with Crippen LogP contribution in [0.2, 0.25) is 0 Å². The molecule has 0 bridgehead atoms. The van der Waals surface area contributed by atoms with Gasteiger partial charge >= 0.3 is 0 Å². The molecule has 0 aliphatic carbocycles. The van der Waals surface area contributed by atoms with Gasteiger partial charge in [-0.2, -0.15) is 0 Å². The highest BCUT2D eigenvalue weighted by atomic mass is 79.9. The standard InChI is InChI=1S/C7H4BrN3S/c8-7-3-10-5(1-11-7)6-2-9-4-12-6/h1-4H. The number of aromatic nitrogens is 3. The van der Waals surface area contributed by atoms with Crippen molar-refractivity contribution in [2.24, 2.45) is 0 Å². The highest BCUT2D eigenvalue weighted by Crippen LogP contribution is 2.20. The van der Waals surface area contributed by atoms with Crippen molar-refractivity contribution in [2.75, 3.05) is 0 Å². The third kappa shape index (κ3) is 1.51. The molecule has 0 saturated heterocycles. The van der Waals surface area contributed by atoms with Crippen molar-refractivity contribution in [3.05, 3.63) is 28.7 Å². The summed E-state index contributed by atoms with van der Waals surface area (Å²) in [7, 11) is 0. The average molecular weight is 242 g/mol. The molecule has 0 aromatic carbocycles. The summed E-state index contributed by atoms with van der Waals surface area (Å²) in [4.78, 5) is 13.2. The number of halogens is 1. The topological polar surface area (TPSA) is 38.7 Å². The Balaban J connectivity index is 2.43. The number of hydrogen-bond acceptors (Lipinski definition) is 4. The Morgan fingerprint density at radius 2 is 2.08 bits per heavy atom. The van der Waals surface area contributed by atoms with Crippen molar-refractivity contribution < 1.29 is 0 Å². The van der Waals surface area contributed by atoms with E-state index < -0.39 is 0 Å². The fourth-order valence-corrected chi connectivity index (χ4v) is 1.57. The van der Waals surface area contributed by atoms with E-state index in [4.69, 9.17) is 0 Å². The second-order valence-electron chi connectivity index (χ2n) is 2.09. The zero-order valence-corrected chi connectivity index (χ0v) is 8.34. The normalized spacial score (nSPS) is 10.1. The number of thiazole rings is 1. The van der Waals surface area contributed by atoms with Crippen molar-refractivity contribution in [3.8, 4) is 10.6 Å². The van der Waals surface area contributed by atoms with E-state index in [1.165, 1.54) is 0 Å². The van der Waals surface area contributed by atoms with Crippen LogP contribution < -0.4 is 0 Å². The first kappa shape index (κ1) is 7.82. The molecule has 5 heteroatoms. The van der Waals surface area contributed by atoms with Crippen LogP contribution in [-0.2, 0) is 0 Å². The zero-order valence-electron chi connectivity index (χ0n) is 5.94. The molecule has 0 unspecified atom stereocenters. The lowest BCUT2D eigenvalue weighted by molar-refractivity contribution is 1.17. The number of hydrogen-bond donors (Lipinski definition) is 0. The predicted octanol–water partition coefficient (Wildman–Crippen LogP) is 2.36. The second-order valence-corrected chi connectivity index (χ2v) is 3.79. The Morgan fingerprint density at radius 1 is 1.17 bits per heavy atom. The fraction of sp³-hybridized carbons (Fsp3) is 0. The summed E-state index contributed by atoms with van der Waals surface area (Å²) in [6.07, 6.45) is 5.18. The maximum absolute atomic E-state index is 4.18. The summed E-state index contributed by atoms with van der Waals surface area (Å²) in [5.41, 5.74) is 2.64. The van der Waals surface area contributed by atoms with Gasteiger partial charge in [-0.3, -0.25) is 9.97 Å². The van der Waals surface area contributed by atoms with Gasteiger partial charge in [-0.15, -0.1) is 11.3 Å². The second kappa shape index (κ2) is 3.28. The van der Waals surface area contributed by atoms with Crippen LogP contribution >= 0.6 is 27.3 Å². The molecule has 3 nitrogen and oxygen atoms in total. The largest absolute Gasteiger partial charge is 0.252 e. The highest BCUT2D eigenvalue weighted by molar-refractivity contribution is 9.10. The molecule has 0 fully saturated rings. The van der Waals surface area contributed by atoms with Gasteiger partial charge in [0.1, 0.15) is 10.3 Å². The minimum Gasteiger partial charge on any atom is -0.252 e. The molecule has 2 aromatic rings. The van der Waals surface area contributed by atoms with Crippen LogP contribution in [0.3, 0.4) is 0 Å². The highest BCUT2D eigenvalue weighted by Gasteiger charge is 2.00. The molecule has 0 radical (unpaired) electrons. The summed E-state index contributed by atoms with van der Waals surface area (Å²) >= 11 is 4.78. The Labute approximate surface area is 81.7 Å². The maximum atomic E-state index is 4.18. The van der Waals surface area contributed by atoms with E-state index in [9.17, 15) is 0 Å². The first-order valence-electron chi connectivity index (χ1n) is 3.22. The lowest BCUT2D eigenvalue weighted by Gasteiger charge is -1.93. The molecule has 2 rings (SSSR count). The van der Waals surface area contributed by atoms with Gasteiger partial charge in [-0.25, -0.2) is 4.98 Å². The van der Waals surface area contributed by atoms with Crippen molar-refractivity contribution in [2.45, 2.75) is 0 Å². The lowest BCUT2D eigenvalue weighted by Crippen LogP contribution is -1.82. The van der Waals surface area contributed by atoms with E-state index in [2.05, 4.69) is 30.9 Å². The quantitative estimate of drug-likeness (QED) is 0.770. The van der Waals surface area contributed by atoms with Crippen LogP contribution in [0.1, 0.15) is 0 Å². The molecule has 0 aliphatic heterocycles. The van der Waals surface area contributed by atoms with Crippen molar-refractivity contribution in [3.63, 3.8) is 0 Å². The van der Waals surface area contributed by atoms with Crippen LogP contribution in [0.15, 0.2) is 28.7 Å². The minimum atomic E-state index is 0.746. The average Bonchev–Trinajstić information content (AvgIpc) is 2.58. The Hall–Kier alpha value is -0.810. The van der Waals surface area contributed by atoms with Gasteiger partial charge in [0, 0.05) is 6.20 Å². The molecule has 0 N–H and O–H groups in total. The van der Waals surface area contributed by atoms with Crippen LogP contribution in [-0.4, -0.2) is 15.0 Å². The first-order chi connectivity index (χ1) is 5.86. The van der Waals surface area contributed by atoms with E-state index >= 15 is 0 Å². The molecular formula is C7H4BrN3S. The van der Waals surface area contributed by atoms with E-state index in [1.807, 2.05) is 0 Å². The molecule has 12 heavy (non-hydrogen) atoms. The van der Waals surface area contributed by atoms with Crippen molar-refractivity contribution in [1.82, 2.24) is 15.0 Å². The molecule has 0 saturated carbocycles. The van der Waals surface area contributed by atoms with Gasteiger partial charge in [0.05, 0.1) is 22.8 Å². The summed E-state index contributed by atoms with van der Waals surface area (Å²) in [6, 6.07) is 0. The van der Waals surface area contributed by atoms with Gasteiger partial charge in [0.2, 0.25) is 0 Å². The van der Waals surface area contributed by atoms with E-state index in [1.54, 1.807) is 35.4 Å². The SMILES string of the molecule is Brc1cnc(-c2cncs2)cn1. The minimum absolute atomic E-state index is 0.746. The van der Waals surface area contributed by atoms with Gasteiger partial charge in [-0.1, -0.05) is 0 Å². The first-order valence-corrected chi connectivity index (χ1v) is 4.90. The van der Waals surface area contributed by atoms with Gasteiger partial charge < -0.3 is 0 Å². The zero-order chi connectivity index (χ0) is 8.39. The van der Waals surface area contributed by atoms with Crippen LogP contribution in [0.25, 0.3) is 10.6 Å². The Bertz CT molecular complexity index is 357. The molecule has 0 aliphatic rings. The number of nitrogens with zero attached hydrogens (tertiary/aromatic N) is 3. The lowest BCUT2D eigenvalue weighted by atomic mass is 10.4. The van der Waals surface area contributed by atoms with Crippen molar-refractivity contribution >= 4 is 27.3 Å². The maximum Gasteiger partial charge on any atom is 0.124 e. The summed E-state index contributed by atoms with van der Waals surface area (Å²) in [5.74, 6) is 0. The molecule has 2 heterocycles. The molecule has 60 valence electrons. The van der Waals surface area contributed by atoms with Crippen LogP contribution in [0.4, 0.5) is 0 Å². The van der Waals surface area contributed by atoms with E-state index in [0.717, 1.165) is 15.2 Å². The van der Waals surface area contributed by atoms with Gasteiger partial charge in [0.25, 0.3) is 0 Å². The molecular weight excluding hydrogens is 238 g/mol. The van der Waals surface area contributed by atoms with E-state index in [0.29, 0.717) is 0 Å². The van der Waals surface area contributed by atoms with Crippen molar-refractivity contribution in [1.29, 1.82) is 0 Å². The summed E-state index contributed by atoms with van der Waals surface area (Å²) in [6.45, 7) is 0. The van der Waals surface area contributed by atoms with Crippen LogP contribution in [0, 0.1) is 0 Å². The summed E-state index contributed by atoms with van der Waals surface area (Å²) in [5, 5.41) is 0. The molecule has 0 amide bonds.